The average molecular weight is 272 g/mol. The Labute approximate surface area is 116 Å². The Balaban J connectivity index is 2.16. The molecule has 0 amide bonds. The molecule has 2 heterocycles. The molecule has 0 radical (unpaired) electrons. The normalized spacial score (nSPS) is 11.3. The lowest BCUT2D eigenvalue weighted by Crippen LogP contribution is -2.02. The van der Waals surface area contributed by atoms with Gasteiger partial charge in [-0.3, -0.25) is 4.68 Å². The maximum Gasteiger partial charge on any atom is 0.178 e. The van der Waals surface area contributed by atoms with Crippen molar-refractivity contribution in [3.63, 3.8) is 0 Å². The van der Waals surface area contributed by atoms with E-state index in [4.69, 9.17) is 12.2 Å². The topological polar surface area (TPSA) is 38.5 Å². The third-order valence-electron chi connectivity index (χ3n) is 3.66. The number of aryl methyl sites for hydroxylation is 2. The number of fused-ring (bicyclic) bond motifs is 1. The van der Waals surface area contributed by atoms with Crippen molar-refractivity contribution in [3.05, 3.63) is 46.0 Å². The van der Waals surface area contributed by atoms with Crippen LogP contribution < -0.4 is 0 Å². The highest BCUT2D eigenvalue weighted by molar-refractivity contribution is 7.71. The van der Waals surface area contributed by atoms with E-state index in [9.17, 15) is 0 Å². The predicted molar refractivity (Wildman–Crippen MR) is 78.9 cm³/mol. The van der Waals surface area contributed by atoms with Crippen molar-refractivity contribution in [3.8, 4) is 0 Å². The lowest BCUT2D eigenvalue weighted by Gasteiger charge is -2.05. The van der Waals surface area contributed by atoms with Gasteiger partial charge in [-0.05, 0) is 38.2 Å². The second-order valence-electron chi connectivity index (χ2n) is 4.81. The smallest absolute Gasteiger partial charge is 0.178 e. The zero-order valence-corrected chi connectivity index (χ0v) is 12.1. The van der Waals surface area contributed by atoms with E-state index in [1.54, 1.807) is 0 Å². The minimum absolute atomic E-state index is 0.754. The van der Waals surface area contributed by atoms with Crippen LogP contribution in [0.5, 0.6) is 0 Å². The zero-order valence-electron chi connectivity index (χ0n) is 11.3. The van der Waals surface area contributed by atoms with Gasteiger partial charge in [0, 0.05) is 18.3 Å². The fourth-order valence-electron chi connectivity index (χ4n) is 2.47. The van der Waals surface area contributed by atoms with Crippen LogP contribution in [0.25, 0.3) is 11.0 Å². The van der Waals surface area contributed by atoms with Gasteiger partial charge in [0.25, 0.3) is 0 Å². The third-order valence-corrected chi connectivity index (χ3v) is 3.98. The molecule has 1 aromatic carbocycles. The minimum atomic E-state index is 0.754. The van der Waals surface area contributed by atoms with Crippen LogP contribution in [0.4, 0.5) is 0 Å². The lowest BCUT2D eigenvalue weighted by molar-refractivity contribution is 0.727. The van der Waals surface area contributed by atoms with Gasteiger partial charge in [-0.1, -0.05) is 12.1 Å². The molecule has 98 valence electrons. The van der Waals surface area contributed by atoms with E-state index in [-0.39, 0.29) is 0 Å². The molecule has 3 rings (SSSR count). The van der Waals surface area contributed by atoms with Gasteiger partial charge < -0.3 is 9.55 Å². The quantitative estimate of drug-likeness (QED) is 0.728. The Morgan fingerprint density at radius 2 is 2.00 bits per heavy atom. The fourth-order valence-corrected chi connectivity index (χ4v) is 2.74. The van der Waals surface area contributed by atoms with Gasteiger partial charge in [0.05, 0.1) is 23.3 Å². The first-order chi connectivity index (χ1) is 9.08. The molecule has 0 atom stereocenters. The minimum Gasteiger partial charge on any atom is -0.331 e. The molecule has 4 nitrogen and oxygen atoms in total. The molecular formula is C14H16N4S. The molecule has 0 saturated heterocycles. The van der Waals surface area contributed by atoms with E-state index in [1.807, 2.05) is 36.9 Å². The molecule has 1 N–H and O–H groups in total. The number of imidazole rings is 1. The number of rotatable bonds is 2. The summed E-state index contributed by atoms with van der Waals surface area (Å²) in [6.07, 6.45) is 0. The molecule has 0 aliphatic heterocycles. The van der Waals surface area contributed by atoms with E-state index in [0.29, 0.717) is 0 Å². The number of aromatic nitrogens is 4. The van der Waals surface area contributed by atoms with Crippen LogP contribution in [-0.2, 0) is 13.6 Å². The first kappa shape index (κ1) is 12.2. The molecule has 19 heavy (non-hydrogen) atoms. The van der Waals surface area contributed by atoms with Gasteiger partial charge in [0.1, 0.15) is 0 Å². The van der Waals surface area contributed by atoms with Crippen LogP contribution in [0.15, 0.2) is 24.3 Å². The molecule has 5 heteroatoms. The van der Waals surface area contributed by atoms with Crippen molar-refractivity contribution >= 4 is 23.3 Å². The summed E-state index contributed by atoms with van der Waals surface area (Å²) in [5.74, 6) is 0. The van der Waals surface area contributed by atoms with Crippen LogP contribution >= 0.6 is 12.2 Å². The van der Waals surface area contributed by atoms with Gasteiger partial charge in [-0.2, -0.15) is 5.10 Å². The van der Waals surface area contributed by atoms with Crippen LogP contribution in [0, 0.1) is 18.6 Å². The Kier molecular flexibility index (Phi) is 2.78. The Morgan fingerprint density at radius 3 is 2.68 bits per heavy atom. The second kappa shape index (κ2) is 4.35. The van der Waals surface area contributed by atoms with E-state index < -0.39 is 0 Å². The molecule has 0 unspecified atom stereocenters. The molecule has 3 aromatic rings. The van der Waals surface area contributed by atoms with Crippen LogP contribution in [0.3, 0.4) is 0 Å². The van der Waals surface area contributed by atoms with Crippen molar-refractivity contribution in [1.29, 1.82) is 0 Å². The van der Waals surface area contributed by atoms with Crippen molar-refractivity contribution in [1.82, 2.24) is 19.3 Å². The van der Waals surface area contributed by atoms with E-state index in [1.165, 1.54) is 11.3 Å². The zero-order chi connectivity index (χ0) is 13.6. The van der Waals surface area contributed by atoms with Gasteiger partial charge in [-0.25, -0.2) is 0 Å². The summed E-state index contributed by atoms with van der Waals surface area (Å²) in [5.41, 5.74) is 5.70. The molecular weight excluding hydrogens is 256 g/mol. The monoisotopic (exact) mass is 272 g/mol. The van der Waals surface area contributed by atoms with E-state index >= 15 is 0 Å². The SMILES string of the molecule is Cc1nn(C)c(C)c1Cn1c(=S)[nH]c2ccccc21. The van der Waals surface area contributed by atoms with Gasteiger partial charge >= 0.3 is 0 Å². The summed E-state index contributed by atoms with van der Waals surface area (Å²) >= 11 is 5.43. The molecule has 0 bridgehead atoms. The molecule has 0 aliphatic rings. The van der Waals surface area contributed by atoms with E-state index in [0.717, 1.165) is 28.0 Å². The number of benzene rings is 1. The molecule has 2 aromatic heterocycles. The van der Waals surface area contributed by atoms with Gasteiger partial charge in [-0.15, -0.1) is 0 Å². The van der Waals surface area contributed by atoms with Crippen LogP contribution in [0.2, 0.25) is 0 Å². The fraction of sp³-hybridized carbons (Fsp3) is 0.286. The van der Waals surface area contributed by atoms with Crippen LogP contribution in [0.1, 0.15) is 17.0 Å². The van der Waals surface area contributed by atoms with Crippen molar-refractivity contribution < 1.29 is 0 Å². The maximum absolute atomic E-state index is 5.43. The van der Waals surface area contributed by atoms with Crippen molar-refractivity contribution in [2.45, 2.75) is 20.4 Å². The highest BCUT2D eigenvalue weighted by atomic mass is 32.1. The number of aromatic amines is 1. The van der Waals surface area contributed by atoms with Crippen LogP contribution in [-0.4, -0.2) is 19.3 Å². The predicted octanol–water partition coefficient (Wildman–Crippen LogP) is 3.10. The average Bonchev–Trinajstić information content (AvgIpc) is 2.82. The third kappa shape index (κ3) is 1.90. The summed E-state index contributed by atoms with van der Waals surface area (Å²) in [7, 11) is 1.97. The summed E-state index contributed by atoms with van der Waals surface area (Å²) < 4.78 is 4.80. The Hall–Kier alpha value is -1.88. The van der Waals surface area contributed by atoms with E-state index in [2.05, 4.69) is 27.6 Å². The highest BCUT2D eigenvalue weighted by Crippen LogP contribution is 2.19. The second-order valence-corrected chi connectivity index (χ2v) is 5.19. The summed E-state index contributed by atoms with van der Waals surface area (Å²) in [5, 5.41) is 4.46. The molecule has 0 spiro atoms. The Morgan fingerprint density at radius 1 is 1.26 bits per heavy atom. The standard InChI is InChI=1S/C14H16N4S/c1-9-11(10(2)17(3)16-9)8-18-13-7-5-4-6-12(13)15-14(18)19/h4-7H,8H2,1-3H3,(H,15,19). The molecule has 0 aliphatic carbocycles. The summed E-state index contributed by atoms with van der Waals surface area (Å²) in [4.78, 5) is 3.24. The van der Waals surface area contributed by atoms with Crippen molar-refractivity contribution in [2.24, 2.45) is 7.05 Å². The lowest BCUT2D eigenvalue weighted by atomic mass is 10.2. The van der Waals surface area contributed by atoms with Crippen molar-refractivity contribution in [2.75, 3.05) is 0 Å². The molecule has 0 saturated carbocycles. The highest BCUT2D eigenvalue weighted by Gasteiger charge is 2.12. The largest absolute Gasteiger partial charge is 0.331 e. The number of hydrogen-bond acceptors (Lipinski definition) is 2. The Bertz CT molecular complexity index is 807. The van der Waals surface area contributed by atoms with Gasteiger partial charge in [0.15, 0.2) is 4.77 Å². The number of nitrogens with one attached hydrogen (secondary N) is 1. The first-order valence-electron chi connectivity index (χ1n) is 6.24. The summed E-state index contributed by atoms with van der Waals surface area (Å²) in [6.45, 7) is 4.89. The summed E-state index contributed by atoms with van der Waals surface area (Å²) in [6, 6.07) is 8.18. The number of para-hydroxylation sites is 2. The number of nitrogens with zero attached hydrogens (tertiary/aromatic N) is 3. The number of hydrogen-bond donors (Lipinski definition) is 1. The van der Waals surface area contributed by atoms with Gasteiger partial charge in [0.2, 0.25) is 0 Å². The number of H-pyrrole nitrogens is 1. The molecule has 0 fully saturated rings. The first-order valence-corrected chi connectivity index (χ1v) is 6.65. The maximum atomic E-state index is 5.43.